The van der Waals surface area contributed by atoms with E-state index in [2.05, 4.69) is 27.5 Å². The second-order valence-corrected chi connectivity index (χ2v) is 6.19. The number of hydrogen-bond donors (Lipinski definition) is 1. The molecule has 0 saturated carbocycles. The van der Waals surface area contributed by atoms with Gasteiger partial charge in [0.25, 0.3) is 0 Å². The van der Waals surface area contributed by atoms with Gasteiger partial charge in [-0.25, -0.2) is 4.98 Å². The van der Waals surface area contributed by atoms with Crippen molar-refractivity contribution < 1.29 is 0 Å². The van der Waals surface area contributed by atoms with Gasteiger partial charge in [-0.1, -0.05) is 6.92 Å². The van der Waals surface area contributed by atoms with Gasteiger partial charge in [-0.15, -0.1) is 11.3 Å². The van der Waals surface area contributed by atoms with E-state index in [9.17, 15) is 0 Å². The van der Waals surface area contributed by atoms with Crippen molar-refractivity contribution >= 4 is 11.3 Å². The van der Waals surface area contributed by atoms with Crippen LogP contribution in [-0.4, -0.2) is 35.1 Å². The van der Waals surface area contributed by atoms with E-state index in [1.54, 1.807) is 11.3 Å². The summed E-state index contributed by atoms with van der Waals surface area (Å²) in [7, 11) is 0. The Bertz CT molecular complexity index is 376. The van der Waals surface area contributed by atoms with Gasteiger partial charge in [0.15, 0.2) is 0 Å². The van der Waals surface area contributed by atoms with Gasteiger partial charge >= 0.3 is 0 Å². The lowest BCUT2D eigenvalue weighted by atomic mass is 10.1. The average molecular weight is 251 g/mol. The minimum Gasteiger partial charge on any atom is -0.310 e. The van der Waals surface area contributed by atoms with Crippen LogP contribution in [0.2, 0.25) is 0 Å². The molecule has 1 aromatic rings. The van der Waals surface area contributed by atoms with E-state index < -0.39 is 0 Å². The summed E-state index contributed by atoms with van der Waals surface area (Å²) >= 11 is 1.81. The van der Waals surface area contributed by atoms with Gasteiger partial charge in [0.05, 0.1) is 10.7 Å². The molecule has 0 aromatic carbocycles. The number of aryl methyl sites for hydroxylation is 1. The maximum absolute atomic E-state index is 4.67. The molecular formula is C13H21N3S. The van der Waals surface area contributed by atoms with Crippen molar-refractivity contribution in [3.05, 3.63) is 16.1 Å². The fraction of sp³-hybridized carbons (Fsp3) is 0.769. The maximum atomic E-state index is 4.67. The highest BCUT2D eigenvalue weighted by Crippen LogP contribution is 2.22. The highest BCUT2D eigenvalue weighted by molar-refractivity contribution is 7.09. The molecule has 2 atom stereocenters. The van der Waals surface area contributed by atoms with E-state index in [1.165, 1.54) is 43.1 Å². The van der Waals surface area contributed by atoms with Crippen LogP contribution in [0.1, 0.15) is 36.9 Å². The van der Waals surface area contributed by atoms with Crippen LogP contribution in [-0.2, 0) is 13.0 Å². The number of nitrogens with zero attached hydrogens (tertiary/aromatic N) is 2. The van der Waals surface area contributed by atoms with Crippen LogP contribution in [0.25, 0.3) is 0 Å². The van der Waals surface area contributed by atoms with E-state index in [1.807, 2.05) is 0 Å². The SMILES string of the molecule is CCc1nc(CN2CCC3CCC(C2)N3)cs1. The van der Waals surface area contributed by atoms with Crippen LogP contribution in [0.5, 0.6) is 0 Å². The molecule has 3 heterocycles. The number of rotatable bonds is 3. The third-order valence-electron chi connectivity index (χ3n) is 3.89. The van der Waals surface area contributed by atoms with Crippen molar-refractivity contribution in [1.29, 1.82) is 0 Å². The summed E-state index contributed by atoms with van der Waals surface area (Å²) in [5.41, 5.74) is 1.27. The van der Waals surface area contributed by atoms with Gasteiger partial charge in [-0.05, 0) is 25.7 Å². The molecule has 4 heteroatoms. The quantitative estimate of drug-likeness (QED) is 0.891. The van der Waals surface area contributed by atoms with Crippen LogP contribution < -0.4 is 5.32 Å². The summed E-state index contributed by atoms with van der Waals surface area (Å²) in [6.07, 6.45) is 5.12. The lowest BCUT2D eigenvalue weighted by Crippen LogP contribution is -2.35. The number of aromatic nitrogens is 1. The fourth-order valence-electron chi connectivity index (χ4n) is 2.97. The molecule has 2 aliphatic heterocycles. The summed E-state index contributed by atoms with van der Waals surface area (Å²) in [5, 5.41) is 7.23. The molecule has 0 radical (unpaired) electrons. The Kier molecular flexibility index (Phi) is 3.45. The number of likely N-dealkylation sites (tertiary alicyclic amines) is 1. The molecule has 0 spiro atoms. The monoisotopic (exact) mass is 251 g/mol. The van der Waals surface area contributed by atoms with Crippen LogP contribution >= 0.6 is 11.3 Å². The fourth-order valence-corrected chi connectivity index (χ4v) is 3.71. The molecule has 3 rings (SSSR count). The molecule has 2 bridgehead atoms. The molecule has 1 N–H and O–H groups in total. The molecule has 3 nitrogen and oxygen atoms in total. The highest BCUT2D eigenvalue weighted by Gasteiger charge is 2.29. The Morgan fingerprint density at radius 1 is 1.41 bits per heavy atom. The first-order valence-corrected chi connectivity index (χ1v) is 7.63. The number of thiazole rings is 1. The van der Waals surface area contributed by atoms with E-state index in [0.29, 0.717) is 0 Å². The van der Waals surface area contributed by atoms with Gasteiger partial charge < -0.3 is 5.32 Å². The molecule has 2 unspecified atom stereocenters. The van der Waals surface area contributed by atoms with Crippen molar-refractivity contribution in [2.24, 2.45) is 0 Å². The van der Waals surface area contributed by atoms with Gasteiger partial charge in [0, 0.05) is 37.1 Å². The normalized spacial score (nSPS) is 29.5. The number of fused-ring (bicyclic) bond motifs is 2. The summed E-state index contributed by atoms with van der Waals surface area (Å²) in [5.74, 6) is 0. The lowest BCUT2D eigenvalue weighted by molar-refractivity contribution is 0.248. The zero-order chi connectivity index (χ0) is 11.7. The summed E-state index contributed by atoms with van der Waals surface area (Å²) in [6, 6.07) is 1.51. The molecule has 2 aliphatic rings. The molecule has 1 aromatic heterocycles. The molecule has 0 amide bonds. The van der Waals surface area contributed by atoms with Crippen molar-refractivity contribution in [2.45, 2.75) is 51.2 Å². The molecule has 2 fully saturated rings. The van der Waals surface area contributed by atoms with Crippen molar-refractivity contribution in [1.82, 2.24) is 15.2 Å². The van der Waals surface area contributed by atoms with E-state index in [0.717, 1.165) is 25.0 Å². The molecule has 2 saturated heterocycles. The number of nitrogens with one attached hydrogen (secondary N) is 1. The molecular weight excluding hydrogens is 230 g/mol. The number of hydrogen-bond acceptors (Lipinski definition) is 4. The first kappa shape index (κ1) is 11.6. The molecule has 0 aliphatic carbocycles. The van der Waals surface area contributed by atoms with Crippen molar-refractivity contribution in [3.8, 4) is 0 Å². The Balaban J connectivity index is 1.61. The Hall–Kier alpha value is -0.450. The summed E-state index contributed by atoms with van der Waals surface area (Å²) in [6.45, 7) is 5.65. The van der Waals surface area contributed by atoms with E-state index in [-0.39, 0.29) is 0 Å². The van der Waals surface area contributed by atoms with Gasteiger partial charge in [0.1, 0.15) is 0 Å². The van der Waals surface area contributed by atoms with Crippen LogP contribution in [0.15, 0.2) is 5.38 Å². The highest BCUT2D eigenvalue weighted by atomic mass is 32.1. The largest absolute Gasteiger partial charge is 0.310 e. The standard InChI is InChI=1S/C13H21N3S/c1-2-13-15-12(9-17-13)8-16-6-5-10-3-4-11(7-16)14-10/h9-11,14H,2-8H2,1H3. The third kappa shape index (κ3) is 2.69. The minimum absolute atomic E-state index is 0.729. The first-order chi connectivity index (χ1) is 8.33. The van der Waals surface area contributed by atoms with E-state index >= 15 is 0 Å². The Morgan fingerprint density at radius 2 is 2.29 bits per heavy atom. The van der Waals surface area contributed by atoms with Crippen LogP contribution in [0, 0.1) is 0 Å². The van der Waals surface area contributed by atoms with Gasteiger partial charge in [0.2, 0.25) is 0 Å². The molecule has 94 valence electrons. The Morgan fingerprint density at radius 3 is 3.12 bits per heavy atom. The summed E-state index contributed by atoms with van der Waals surface area (Å²) in [4.78, 5) is 7.25. The predicted molar refractivity (Wildman–Crippen MR) is 71.3 cm³/mol. The lowest BCUT2D eigenvalue weighted by Gasteiger charge is -2.22. The zero-order valence-electron chi connectivity index (χ0n) is 10.5. The topological polar surface area (TPSA) is 28.2 Å². The second-order valence-electron chi connectivity index (χ2n) is 5.25. The van der Waals surface area contributed by atoms with Crippen molar-refractivity contribution in [2.75, 3.05) is 13.1 Å². The Labute approximate surface area is 107 Å². The van der Waals surface area contributed by atoms with Crippen molar-refractivity contribution in [3.63, 3.8) is 0 Å². The van der Waals surface area contributed by atoms with Gasteiger partial charge in [-0.2, -0.15) is 0 Å². The smallest absolute Gasteiger partial charge is 0.0926 e. The minimum atomic E-state index is 0.729. The van der Waals surface area contributed by atoms with E-state index in [4.69, 9.17) is 0 Å². The molecule has 17 heavy (non-hydrogen) atoms. The average Bonchev–Trinajstić information content (AvgIpc) is 2.89. The first-order valence-electron chi connectivity index (χ1n) is 6.75. The van der Waals surface area contributed by atoms with Crippen LogP contribution in [0.4, 0.5) is 0 Å². The predicted octanol–water partition coefficient (Wildman–Crippen LogP) is 2.03. The zero-order valence-corrected chi connectivity index (χ0v) is 11.3. The maximum Gasteiger partial charge on any atom is 0.0926 e. The second kappa shape index (κ2) is 5.04. The van der Waals surface area contributed by atoms with Gasteiger partial charge in [-0.3, -0.25) is 4.90 Å². The third-order valence-corrected chi connectivity index (χ3v) is 4.94. The summed E-state index contributed by atoms with van der Waals surface area (Å²) < 4.78 is 0. The van der Waals surface area contributed by atoms with Crippen LogP contribution in [0.3, 0.4) is 0 Å².